The Kier molecular flexibility index (Phi) is 6.10. The largest absolute Gasteiger partial charge is 0.143 e. The second-order valence-corrected chi connectivity index (χ2v) is 14.3. The second-order valence-electron chi connectivity index (χ2n) is 8.22. The van der Waals surface area contributed by atoms with E-state index in [1.807, 2.05) is 34.0 Å². The van der Waals surface area contributed by atoms with Crippen LogP contribution in [0.3, 0.4) is 0 Å². The summed E-state index contributed by atoms with van der Waals surface area (Å²) in [6, 6.07) is 33.7. The lowest BCUT2D eigenvalue weighted by Gasteiger charge is -2.07. The van der Waals surface area contributed by atoms with Crippen LogP contribution in [0.1, 0.15) is 0 Å². The van der Waals surface area contributed by atoms with E-state index in [0.717, 1.165) is 0 Å². The fourth-order valence-electron chi connectivity index (χ4n) is 4.19. The highest BCUT2D eigenvalue weighted by Crippen LogP contribution is 2.44. The van der Waals surface area contributed by atoms with Gasteiger partial charge in [-0.2, -0.15) is 0 Å². The summed E-state index contributed by atoms with van der Waals surface area (Å²) in [5, 5.41) is 6.45. The van der Waals surface area contributed by atoms with Crippen molar-refractivity contribution in [3.63, 3.8) is 0 Å². The smallest absolute Gasteiger partial charge is 0.0449 e. The first-order chi connectivity index (χ1) is 17.8. The third kappa shape index (κ3) is 4.39. The van der Waals surface area contributed by atoms with Crippen molar-refractivity contribution in [2.45, 2.75) is 0 Å². The van der Waals surface area contributed by atoms with E-state index in [9.17, 15) is 0 Å². The molecule has 7 rings (SSSR count). The molecule has 0 N–H and O–H groups in total. The second kappa shape index (κ2) is 9.71. The van der Waals surface area contributed by atoms with Crippen LogP contribution in [0, 0.1) is 0 Å². The van der Waals surface area contributed by atoms with E-state index >= 15 is 0 Å². The molecule has 0 radical (unpaired) electrons. The molecule has 0 unspecified atom stereocenters. The normalized spacial score (nSPS) is 11.3. The first kappa shape index (κ1) is 22.6. The molecule has 7 aromatic rings. The van der Waals surface area contributed by atoms with Gasteiger partial charge in [-0.25, -0.2) is 0 Å². The summed E-state index contributed by atoms with van der Waals surface area (Å²) in [4.78, 5) is 11.9. The summed E-state index contributed by atoms with van der Waals surface area (Å²) >= 11 is 11.0. The van der Waals surface area contributed by atoms with E-state index in [1.165, 1.54) is 60.6 Å². The molecule has 0 atom stereocenters. The molecule has 0 nitrogen and oxygen atoms in total. The van der Waals surface area contributed by atoms with Crippen molar-refractivity contribution in [2.75, 3.05) is 0 Å². The van der Waals surface area contributed by atoms with Crippen molar-refractivity contribution in [3.8, 4) is 60.6 Å². The van der Waals surface area contributed by atoms with Gasteiger partial charge in [-0.1, -0.05) is 18.2 Å². The molecule has 0 amide bonds. The van der Waals surface area contributed by atoms with Gasteiger partial charge in [0, 0.05) is 43.9 Å². The summed E-state index contributed by atoms with van der Waals surface area (Å²) in [6.07, 6.45) is 0. The molecule has 1 aromatic carbocycles. The zero-order valence-corrected chi connectivity index (χ0v) is 23.7. The fourth-order valence-corrected chi connectivity index (χ4v) is 9.67. The van der Waals surface area contributed by atoms with Crippen molar-refractivity contribution in [1.29, 1.82) is 0 Å². The van der Waals surface area contributed by atoms with E-state index in [0.29, 0.717) is 0 Å². The number of hydrogen-bond donors (Lipinski definition) is 0. The Balaban J connectivity index is 1.34. The first-order valence-electron chi connectivity index (χ1n) is 11.4. The first-order valence-corrected chi connectivity index (χ1v) is 16.5. The van der Waals surface area contributed by atoms with Gasteiger partial charge in [0.1, 0.15) is 0 Å². The van der Waals surface area contributed by atoms with Crippen molar-refractivity contribution in [2.24, 2.45) is 0 Å². The lowest BCUT2D eigenvalue weighted by molar-refractivity contribution is 1.67. The van der Waals surface area contributed by atoms with Gasteiger partial charge < -0.3 is 0 Å². The summed E-state index contributed by atoms with van der Waals surface area (Å²) in [5.41, 5.74) is 3.85. The Hall–Kier alpha value is -2.58. The molecule has 36 heavy (non-hydrogen) atoms. The average molecular weight is 571 g/mol. The van der Waals surface area contributed by atoms with Crippen molar-refractivity contribution in [1.82, 2.24) is 0 Å². The summed E-state index contributed by atoms with van der Waals surface area (Å²) in [6.45, 7) is 0. The maximum absolute atomic E-state index is 2.37. The molecule has 0 fully saturated rings. The molecule has 0 saturated heterocycles. The quantitative estimate of drug-likeness (QED) is 0.186. The Morgan fingerprint density at radius 3 is 0.889 bits per heavy atom. The van der Waals surface area contributed by atoms with Crippen LogP contribution >= 0.6 is 68.0 Å². The van der Waals surface area contributed by atoms with E-state index in [4.69, 9.17) is 0 Å². The minimum absolute atomic E-state index is 1.28. The number of rotatable bonds is 6. The fraction of sp³-hybridized carbons (Fsp3) is 0. The monoisotopic (exact) mass is 570 g/mol. The standard InChI is InChI=1S/C30H18S6/c1-4-25(31-13-1)28-10-7-22(34-28)19-16-20(23-8-11-29(35-23)26-5-2-14-32-26)18-21(17-19)24-9-12-30(36-24)27-6-3-15-33-27/h1-18H. The maximum Gasteiger partial charge on any atom is 0.0449 e. The zero-order valence-electron chi connectivity index (χ0n) is 18.8. The van der Waals surface area contributed by atoms with Gasteiger partial charge in [0.2, 0.25) is 0 Å². The molecule has 0 aliphatic heterocycles. The van der Waals surface area contributed by atoms with Crippen LogP contribution in [-0.2, 0) is 0 Å². The highest BCUT2D eigenvalue weighted by atomic mass is 32.1. The highest BCUT2D eigenvalue weighted by molar-refractivity contribution is 7.24. The van der Waals surface area contributed by atoms with Crippen LogP contribution in [0.4, 0.5) is 0 Å². The van der Waals surface area contributed by atoms with E-state index in [-0.39, 0.29) is 0 Å². The minimum atomic E-state index is 1.28. The third-order valence-corrected chi connectivity index (χ3v) is 12.5. The van der Waals surface area contributed by atoms with E-state index in [2.05, 4.69) is 107 Å². The van der Waals surface area contributed by atoms with Crippen molar-refractivity contribution >= 4 is 68.0 Å². The van der Waals surface area contributed by atoms with Crippen LogP contribution in [0.5, 0.6) is 0 Å². The summed E-state index contributed by atoms with van der Waals surface area (Å²) in [5.74, 6) is 0. The third-order valence-electron chi connectivity index (χ3n) is 5.90. The Morgan fingerprint density at radius 2 is 0.611 bits per heavy atom. The van der Waals surface area contributed by atoms with Gasteiger partial charge in [0.05, 0.1) is 0 Å². The Bertz CT molecular complexity index is 1500. The van der Waals surface area contributed by atoms with Crippen LogP contribution < -0.4 is 0 Å². The van der Waals surface area contributed by atoms with Gasteiger partial charge in [0.15, 0.2) is 0 Å². The predicted octanol–water partition coefficient (Wildman–Crippen LogP) is 12.1. The van der Waals surface area contributed by atoms with Gasteiger partial charge in [-0.15, -0.1) is 68.0 Å². The lowest BCUT2D eigenvalue weighted by Crippen LogP contribution is -1.81. The molecule has 0 spiro atoms. The van der Waals surface area contributed by atoms with Crippen LogP contribution in [0.2, 0.25) is 0 Å². The summed E-state index contributed by atoms with van der Waals surface area (Å²) in [7, 11) is 0. The topological polar surface area (TPSA) is 0 Å². The summed E-state index contributed by atoms with van der Waals surface area (Å²) < 4.78 is 0. The van der Waals surface area contributed by atoms with Crippen LogP contribution in [-0.4, -0.2) is 0 Å². The molecule has 0 saturated carbocycles. The minimum Gasteiger partial charge on any atom is -0.143 e. The van der Waals surface area contributed by atoms with E-state index < -0.39 is 0 Å². The van der Waals surface area contributed by atoms with Gasteiger partial charge >= 0.3 is 0 Å². The molecule has 174 valence electrons. The van der Waals surface area contributed by atoms with Crippen LogP contribution in [0.25, 0.3) is 60.6 Å². The highest BCUT2D eigenvalue weighted by Gasteiger charge is 2.14. The molecular formula is C30H18S6. The SMILES string of the molecule is c1csc(-c2ccc(-c3cc(-c4ccc(-c5cccs5)s4)cc(-c4ccc(-c5cccs5)s4)c3)s2)c1. The Labute approximate surface area is 234 Å². The molecule has 6 heterocycles. The van der Waals surface area contributed by atoms with Gasteiger partial charge in [-0.05, 0) is 106 Å². The number of benzene rings is 1. The van der Waals surface area contributed by atoms with Crippen molar-refractivity contribution in [3.05, 3.63) is 107 Å². The molecular weight excluding hydrogens is 553 g/mol. The molecule has 6 heteroatoms. The molecule has 0 aliphatic rings. The predicted molar refractivity (Wildman–Crippen MR) is 166 cm³/mol. The van der Waals surface area contributed by atoms with Crippen LogP contribution in [0.15, 0.2) is 107 Å². The van der Waals surface area contributed by atoms with E-state index in [1.54, 1.807) is 34.0 Å². The lowest BCUT2D eigenvalue weighted by atomic mass is 10.0. The Morgan fingerprint density at radius 1 is 0.306 bits per heavy atom. The molecule has 0 aliphatic carbocycles. The molecule has 0 bridgehead atoms. The number of hydrogen-bond acceptors (Lipinski definition) is 6. The van der Waals surface area contributed by atoms with Gasteiger partial charge in [-0.3, -0.25) is 0 Å². The van der Waals surface area contributed by atoms with Gasteiger partial charge in [0.25, 0.3) is 0 Å². The molecule has 6 aromatic heterocycles. The van der Waals surface area contributed by atoms with Crippen molar-refractivity contribution < 1.29 is 0 Å². The maximum atomic E-state index is 2.37. The number of thiophene rings is 6. The zero-order chi connectivity index (χ0) is 23.9. The average Bonchev–Trinajstić information content (AvgIpc) is 3.77.